The van der Waals surface area contributed by atoms with Crippen LogP contribution >= 0.6 is 11.3 Å². The van der Waals surface area contributed by atoms with Crippen LogP contribution in [0.1, 0.15) is 25.6 Å². The summed E-state index contributed by atoms with van der Waals surface area (Å²) in [5.74, 6) is -2.01. The highest BCUT2D eigenvalue weighted by atomic mass is 32.1. The second-order valence-corrected chi connectivity index (χ2v) is 4.94. The van der Waals surface area contributed by atoms with Crippen LogP contribution in [0, 0.1) is 12.7 Å². The van der Waals surface area contributed by atoms with Crippen LogP contribution in [0.3, 0.4) is 0 Å². The Morgan fingerprint density at radius 3 is 2.63 bits per heavy atom. The van der Waals surface area contributed by atoms with Crippen LogP contribution in [-0.2, 0) is 0 Å². The number of rotatable bonds is 3. The molecule has 0 spiro atoms. The van der Waals surface area contributed by atoms with Gasteiger partial charge in [0.15, 0.2) is 0 Å². The third kappa shape index (κ3) is 2.97. The maximum atomic E-state index is 13.0. The largest absolute Gasteiger partial charge is 0.477 e. The van der Waals surface area contributed by atoms with Gasteiger partial charge >= 0.3 is 5.97 Å². The minimum Gasteiger partial charge on any atom is -0.477 e. The summed E-state index contributed by atoms with van der Waals surface area (Å²) in [5, 5.41) is 11.9. The van der Waals surface area contributed by atoms with Crippen LogP contribution in [0.15, 0.2) is 30.3 Å². The molecule has 0 saturated carbocycles. The first-order chi connectivity index (χ1) is 8.97. The first kappa shape index (κ1) is 13.2. The van der Waals surface area contributed by atoms with Crippen LogP contribution in [0.4, 0.5) is 9.39 Å². The number of aryl methyl sites for hydroxylation is 1. The van der Waals surface area contributed by atoms with Crippen molar-refractivity contribution in [1.82, 2.24) is 0 Å². The molecule has 0 atom stereocenters. The monoisotopic (exact) mass is 279 g/mol. The number of benzene rings is 1. The van der Waals surface area contributed by atoms with E-state index in [1.807, 2.05) is 0 Å². The van der Waals surface area contributed by atoms with Gasteiger partial charge in [-0.1, -0.05) is 6.07 Å². The van der Waals surface area contributed by atoms with Crippen molar-refractivity contribution in [2.24, 2.45) is 0 Å². The molecule has 1 amide bonds. The maximum Gasteiger partial charge on any atom is 0.346 e. The van der Waals surface area contributed by atoms with Gasteiger partial charge in [-0.15, -0.1) is 11.3 Å². The molecule has 4 nitrogen and oxygen atoms in total. The highest BCUT2D eigenvalue weighted by Gasteiger charge is 2.14. The lowest BCUT2D eigenvalue weighted by molar-refractivity contribution is 0.0701. The number of thiophene rings is 1. The van der Waals surface area contributed by atoms with Gasteiger partial charge in [-0.05, 0) is 36.8 Å². The summed E-state index contributed by atoms with van der Waals surface area (Å²) in [7, 11) is 0. The van der Waals surface area contributed by atoms with Gasteiger partial charge in [-0.25, -0.2) is 9.18 Å². The van der Waals surface area contributed by atoms with Gasteiger partial charge in [0.2, 0.25) is 0 Å². The van der Waals surface area contributed by atoms with E-state index in [9.17, 15) is 14.0 Å². The summed E-state index contributed by atoms with van der Waals surface area (Å²) in [5.41, 5.74) is 0.759. The van der Waals surface area contributed by atoms with Crippen LogP contribution in [0.5, 0.6) is 0 Å². The molecule has 0 radical (unpaired) electrons. The van der Waals surface area contributed by atoms with Crippen molar-refractivity contribution in [1.29, 1.82) is 0 Å². The second-order valence-electron chi connectivity index (χ2n) is 3.89. The average Bonchev–Trinajstić information content (AvgIpc) is 2.70. The Labute approximate surface area is 112 Å². The summed E-state index contributed by atoms with van der Waals surface area (Å²) in [6, 6.07) is 6.86. The lowest BCUT2D eigenvalue weighted by atomic mass is 10.2. The molecule has 6 heteroatoms. The quantitative estimate of drug-likeness (QED) is 0.907. The fourth-order valence-electron chi connectivity index (χ4n) is 1.57. The number of carbonyl (C=O) groups excluding carboxylic acids is 1. The molecule has 1 heterocycles. The van der Waals surface area contributed by atoms with Crippen LogP contribution < -0.4 is 5.32 Å². The van der Waals surface area contributed by atoms with Gasteiger partial charge < -0.3 is 10.4 Å². The Morgan fingerprint density at radius 1 is 1.32 bits per heavy atom. The van der Waals surface area contributed by atoms with Crippen LogP contribution in [0.2, 0.25) is 0 Å². The van der Waals surface area contributed by atoms with E-state index in [4.69, 9.17) is 5.11 Å². The summed E-state index contributed by atoms with van der Waals surface area (Å²) in [6.45, 7) is 1.65. The highest BCUT2D eigenvalue weighted by Crippen LogP contribution is 2.27. The van der Waals surface area contributed by atoms with Crippen molar-refractivity contribution in [2.45, 2.75) is 6.92 Å². The number of carbonyl (C=O) groups is 2. The van der Waals surface area contributed by atoms with Gasteiger partial charge in [-0.2, -0.15) is 0 Å². The van der Waals surface area contributed by atoms with Gasteiger partial charge in [0, 0.05) is 5.56 Å². The summed E-state index contributed by atoms with van der Waals surface area (Å²) in [6.07, 6.45) is 0. The Hall–Kier alpha value is -2.21. The average molecular weight is 279 g/mol. The zero-order chi connectivity index (χ0) is 14.0. The molecule has 0 fully saturated rings. The van der Waals surface area contributed by atoms with Crippen molar-refractivity contribution >= 4 is 28.2 Å². The third-order valence-electron chi connectivity index (χ3n) is 2.44. The van der Waals surface area contributed by atoms with Gasteiger partial charge in [0.1, 0.15) is 10.7 Å². The van der Waals surface area contributed by atoms with E-state index in [0.717, 1.165) is 17.4 Å². The number of halogens is 1. The zero-order valence-electron chi connectivity index (χ0n) is 9.94. The van der Waals surface area contributed by atoms with E-state index in [1.165, 1.54) is 18.2 Å². The molecule has 98 valence electrons. The maximum absolute atomic E-state index is 13.0. The number of carboxylic acids is 1. The van der Waals surface area contributed by atoms with E-state index in [-0.39, 0.29) is 10.4 Å². The first-order valence-corrected chi connectivity index (χ1v) is 6.19. The zero-order valence-corrected chi connectivity index (χ0v) is 10.8. The van der Waals surface area contributed by atoms with Crippen molar-refractivity contribution in [3.8, 4) is 0 Å². The Balaban J connectivity index is 2.20. The molecule has 0 aliphatic heterocycles. The van der Waals surface area contributed by atoms with Crippen LogP contribution in [0.25, 0.3) is 0 Å². The minimum atomic E-state index is -1.03. The third-order valence-corrected chi connectivity index (χ3v) is 3.58. The number of anilines is 1. The summed E-state index contributed by atoms with van der Waals surface area (Å²) >= 11 is 0.970. The molecule has 1 aromatic heterocycles. The number of hydrogen-bond acceptors (Lipinski definition) is 3. The number of hydrogen-bond donors (Lipinski definition) is 2. The van der Waals surface area contributed by atoms with Crippen LogP contribution in [-0.4, -0.2) is 17.0 Å². The Bertz CT molecular complexity index is 651. The molecule has 0 bridgehead atoms. The number of amides is 1. The Morgan fingerprint density at radius 2 is 2.05 bits per heavy atom. The SMILES string of the molecule is Cc1cc(NC(=O)c2cccc(F)c2)sc1C(=O)O. The molecule has 19 heavy (non-hydrogen) atoms. The molecule has 0 aliphatic rings. The minimum absolute atomic E-state index is 0.176. The summed E-state index contributed by atoms with van der Waals surface area (Å²) < 4.78 is 13.0. The van der Waals surface area contributed by atoms with Gasteiger partial charge in [0.05, 0.1) is 5.00 Å². The lowest BCUT2D eigenvalue weighted by Gasteiger charge is -2.02. The highest BCUT2D eigenvalue weighted by molar-refractivity contribution is 7.18. The molecular weight excluding hydrogens is 269 g/mol. The second kappa shape index (κ2) is 5.19. The lowest BCUT2D eigenvalue weighted by Crippen LogP contribution is -2.10. The van der Waals surface area contributed by atoms with E-state index in [1.54, 1.807) is 13.0 Å². The Kier molecular flexibility index (Phi) is 3.62. The standard InChI is InChI=1S/C13H10FNO3S/c1-7-5-10(19-11(7)13(17)18)15-12(16)8-3-2-4-9(14)6-8/h2-6H,1H3,(H,15,16)(H,17,18). The molecule has 0 saturated heterocycles. The molecule has 2 aromatic rings. The van der Waals surface area contributed by atoms with E-state index in [2.05, 4.69) is 5.32 Å². The van der Waals surface area contributed by atoms with E-state index >= 15 is 0 Å². The van der Waals surface area contributed by atoms with Gasteiger partial charge in [0.25, 0.3) is 5.91 Å². The first-order valence-electron chi connectivity index (χ1n) is 5.38. The molecule has 0 unspecified atom stereocenters. The fraction of sp³-hybridized carbons (Fsp3) is 0.0769. The van der Waals surface area contributed by atoms with Crippen molar-refractivity contribution < 1.29 is 19.1 Å². The molecular formula is C13H10FNO3S. The van der Waals surface area contributed by atoms with E-state index < -0.39 is 17.7 Å². The topological polar surface area (TPSA) is 66.4 Å². The number of nitrogens with one attached hydrogen (secondary N) is 1. The van der Waals surface area contributed by atoms with Crippen molar-refractivity contribution in [2.75, 3.05) is 5.32 Å². The predicted molar refractivity (Wildman–Crippen MR) is 70.4 cm³/mol. The number of carboxylic acid groups (broad SMARTS) is 1. The smallest absolute Gasteiger partial charge is 0.346 e. The van der Waals surface area contributed by atoms with Crippen molar-refractivity contribution in [3.63, 3.8) is 0 Å². The molecule has 2 rings (SSSR count). The number of aromatic carboxylic acids is 1. The van der Waals surface area contributed by atoms with E-state index in [0.29, 0.717) is 10.6 Å². The molecule has 1 aromatic carbocycles. The van der Waals surface area contributed by atoms with Gasteiger partial charge in [-0.3, -0.25) is 4.79 Å². The fourth-order valence-corrected chi connectivity index (χ4v) is 2.48. The molecule has 0 aliphatic carbocycles. The predicted octanol–water partition coefficient (Wildman–Crippen LogP) is 3.15. The van der Waals surface area contributed by atoms with Crippen molar-refractivity contribution in [3.05, 3.63) is 52.2 Å². The summed E-state index contributed by atoms with van der Waals surface area (Å²) in [4.78, 5) is 22.9. The normalized spacial score (nSPS) is 10.2. The molecule has 2 N–H and O–H groups in total.